The lowest BCUT2D eigenvalue weighted by molar-refractivity contribution is -0.149. The molecule has 1 amide bonds. The minimum atomic E-state index is -0.935. The lowest BCUT2D eigenvalue weighted by atomic mass is 9.73. The van der Waals surface area contributed by atoms with Crippen LogP contribution in [-0.4, -0.2) is 47.3 Å². The standard InChI is InChI=1S/C22H25NO4S/c1-16(27-18-8-10-19(28-2)11-9-18)20(24)23-14-12-22(13-15-23,21(25)26)17-6-4-3-5-7-17/h3-11,16H,12-15H2,1-2H3,(H,25,26). The van der Waals surface area contributed by atoms with Crippen molar-refractivity contribution in [2.24, 2.45) is 0 Å². The van der Waals surface area contributed by atoms with E-state index < -0.39 is 17.5 Å². The highest BCUT2D eigenvalue weighted by Crippen LogP contribution is 2.36. The first-order valence-electron chi connectivity index (χ1n) is 9.35. The highest BCUT2D eigenvalue weighted by atomic mass is 32.2. The molecule has 2 aromatic rings. The molecule has 0 aliphatic carbocycles. The molecule has 0 bridgehead atoms. The monoisotopic (exact) mass is 399 g/mol. The van der Waals surface area contributed by atoms with E-state index in [4.69, 9.17) is 4.74 Å². The predicted molar refractivity (Wildman–Crippen MR) is 110 cm³/mol. The van der Waals surface area contributed by atoms with Crippen molar-refractivity contribution in [2.75, 3.05) is 19.3 Å². The van der Waals surface area contributed by atoms with Crippen molar-refractivity contribution in [1.82, 2.24) is 4.90 Å². The average molecular weight is 400 g/mol. The summed E-state index contributed by atoms with van der Waals surface area (Å²) in [7, 11) is 0. The Balaban J connectivity index is 1.64. The molecule has 0 saturated carbocycles. The van der Waals surface area contributed by atoms with Gasteiger partial charge in [0.05, 0.1) is 5.41 Å². The SMILES string of the molecule is CSc1ccc(OC(C)C(=O)N2CCC(C(=O)O)(c3ccccc3)CC2)cc1. The molecule has 0 spiro atoms. The maximum Gasteiger partial charge on any atom is 0.314 e. The Hall–Kier alpha value is -2.47. The van der Waals surface area contributed by atoms with Gasteiger partial charge in [-0.15, -0.1) is 11.8 Å². The maximum absolute atomic E-state index is 12.8. The Morgan fingerprint density at radius 1 is 1.07 bits per heavy atom. The molecule has 6 heteroatoms. The molecular formula is C22H25NO4S. The second-order valence-corrected chi connectivity index (χ2v) is 7.89. The summed E-state index contributed by atoms with van der Waals surface area (Å²) in [5, 5.41) is 9.88. The number of benzene rings is 2. The normalized spacial score (nSPS) is 17.0. The number of piperidine rings is 1. The molecule has 148 valence electrons. The van der Waals surface area contributed by atoms with E-state index in [0.29, 0.717) is 31.7 Å². The molecule has 1 fully saturated rings. The van der Waals surface area contributed by atoms with Crippen LogP contribution in [0, 0.1) is 0 Å². The second-order valence-electron chi connectivity index (χ2n) is 7.01. The van der Waals surface area contributed by atoms with Gasteiger partial charge in [0.2, 0.25) is 0 Å². The molecule has 0 radical (unpaired) electrons. The molecule has 1 aliphatic heterocycles. The number of aliphatic carboxylic acids is 1. The number of carboxylic acids is 1. The summed E-state index contributed by atoms with van der Waals surface area (Å²) in [5.74, 6) is -0.287. The fourth-order valence-electron chi connectivity index (χ4n) is 3.66. The molecule has 1 atom stereocenters. The zero-order chi connectivity index (χ0) is 20.1. The summed E-state index contributed by atoms with van der Waals surface area (Å²) in [6, 6.07) is 16.9. The average Bonchev–Trinajstić information content (AvgIpc) is 2.74. The third-order valence-corrected chi connectivity index (χ3v) is 6.13. The van der Waals surface area contributed by atoms with Crippen molar-refractivity contribution in [1.29, 1.82) is 0 Å². The van der Waals surface area contributed by atoms with Gasteiger partial charge in [0.15, 0.2) is 6.10 Å². The summed E-state index contributed by atoms with van der Waals surface area (Å²) in [6.07, 6.45) is 2.18. The van der Waals surface area contributed by atoms with Crippen molar-refractivity contribution < 1.29 is 19.4 Å². The van der Waals surface area contributed by atoms with Crippen molar-refractivity contribution in [3.8, 4) is 5.75 Å². The van der Waals surface area contributed by atoms with Crippen molar-refractivity contribution in [3.63, 3.8) is 0 Å². The number of nitrogens with zero attached hydrogens (tertiary/aromatic N) is 1. The van der Waals surface area contributed by atoms with Gasteiger partial charge in [-0.2, -0.15) is 0 Å². The molecule has 1 saturated heterocycles. The van der Waals surface area contributed by atoms with Crippen LogP contribution in [0.3, 0.4) is 0 Å². The number of amides is 1. The largest absolute Gasteiger partial charge is 0.481 e. The van der Waals surface area contributed by atoms with Gasteiger partial charge in [-0.05, 0) is 55.9 Å². The number of thioether (sulfide) groups is 1. The van der Waals surface area contributed by atoms with Crippen LogP contribution in [0.4, 0.5) is 0 Å². The molecular weight excluding hydrogens is 374 g/mol. The van der Waals surface area contributed by atoms with E-state index in [9.17, 15) is 14.7 Å². The van der Waals surface area contributed by atoms with Crippen LogP contribution in [0.15, 0.2) is 59.5 Å². The van der Waals surface area contributed by atoms with Gasteiger partial charge >= 0.3 is 5.97 Å². The number of ether oxygens (including phenoxy) is 1. The van der Waals surface area contributed by atoms with E-state index >= 15 is 0 Å². The summed E-state index contributed by atoms with van der Waals surface area (Å²) in [6.45, 7) is 2.54. The van der Waals surface area contributed by atoms with Gasteiger partial charge in [-0.25, -0.2) is 0 Å². The molecule has 3 rings (SSSR count). The Bertz CT molecular complexity index is 814. The van der Waals surface area contributed by atoms with Gasteiger partial charge in [0.1, 0.15) is 5.75 Å². The number of rotatable bonds is 6. The van der Waals surface area contributed by atoms with Gasteiger partial charge in [0.25, 0.3) is 5.91 Å². The van der Waals surface area contributed by atoms with Gasteiger partial charge in [-0.3, -0.25) is 9.59 Å². The van der Waals surface area contributed by atoms with Crippen LogP contribution in [-0.2, 0) is 15.0 Å². The molecule has 1 heterocycles. The fourth-order valence-corrected chi connectivity index (χ4v) is 4.07. The zero-order valence-corrected chi connectivity index (χ0v) is 16.9. The highest BCUT2D eigenvalue weighted by Gasteiger charge is 2.44. The molecule has 1 unspecified atom stereocenters. The van der Waals surface area contributed by atoms with Crippen molar-refractivity contribution in [2.45, 2.75) is 36.2 Å². The summed E-state index contributed by atoms with van der Waals surface area (Å²) >= 11 is 1.65. The van der Waals surface area contributed by atoms with Crippen LogP contribution in [0.25, 0.3) is 0 Å². The minimum Gasteiger partial charge on any atom is -0.481 e. The van der Waals surface area contributed by atoms with Gasteiger partial charge in [-0.1, -0.05) is 30.3 Å². The van der Waals surface area contributed by atoms with Gasteiger partial charge < -0.3 is 14.7 Å². The van der Waals surface area contributed by atoms with E-state index in [1.807, 2.05) is 60.9 Å². The third-order valence-electron chi connectivity index (χ3n) is 5.38. The summed E-state index contributed by atoms with van der Waals surface area (Å²) in [5.41, 5.74) is -0.136. The Kier molecular flexibility index (Phi) is 6.29. The lowest BCUT2D eigenvalue weighted by Crippen LogP contribution is -2.51. The van der Waals surface area contributed by atoms with Crippen LogP contribution < -0.4 is 4.74 Å². The summed E-state index contributed by atoms with van der Waals surface area (Å²) < 4.78 is 5.80. The zero-order valence-electron chi connectivity index (χ0n) is 16.1. The number of carbonyl (C=O) groups excluding carboxylic acids is 1. The van der Waals surface area contributed by atoms with E-state index in [-0.39, 0.29) is 5.91 Å². The third kappa shape index (κ3) is 4.17. The topological polar surface area (TPSA) is 66.8 Å². The first kappa shape index (κ1) is 20.3. The van der Waals surface area contributed by atoms with E-state index in [2.05, 4.69) is 0 Å². The number of carbonyl (C=O) groups is 2. The molecule has 2 aromatic carbocycles. The van der Waals surface area contributed by atoms with E-state index in [1.165, 1.54) is 0 Å². The number of likely N-dealkylation sites (tertiary alicyclic amines) is 1. The Labute approximate surface area is 169 Å². The van der Waals surface area contributed by atoms with Gasteiger partial charge in [0, 0.05) is 18.0 Å². The molecule has 28 heavy (non-hydrogen) atoms. The lowest BCUT2D eigenvalue weighted by Gasteiger charge is -2.40. The molecule has 1 N–H and O–H groups in total. The number of carboxylic acid groups (broad SMARTS) is 1. The molecule has 0 aromatic heterocycles. The highest BCUT2D eigenvalue weighted by molar-refractivity contribution is 7.98. The van der Waals surface area contributed by atoms with E-state index in [1.54, 1.807) is 23.6 Å². The van der Waals surface area contributed by atoms with Crippen molar-refractivity contribution in [3.05, 3.63) is 60.2 Å². The van der Waals surface area contributed by atoms with Crippen LogP contribution in [0.1, 0.15) is 25.3 Å². The van der Waals surface area contributed by atoms with Crippen LogP contribution in [0.5, 0.6) is 5.75 Å². The number of hydrogen-bond donors (Lipinski definition) is 1. The van der Waals surface area contributed by atoms with Crippen LogP contribution in [0.2, 0.25) is 0 Å². The smallest absolute Gasteiger partial charge is 0.314 e. The molecule has 5 nitrogen and oxygen atoms in total. The first-order chi connectivity index (χ1) is 13.5. The predicted octanol–water partition coefficient (Wildman–Crippen LogP) is 3.82. The Morgan fingerprint density at radius 2 is 1.68 bits per heavy atom. The number of hydrogen-bond acceptors (Lipinski definition) is 4. The Morgan fingerprint density at radius 3 is 2.21 bits per heavy atom. The second kappa shape index (κ2) is 8.69. The fraction of sp³-hybridized carbons (Fsp3) is 0.364. The van der Waals surface area contributed by atoms with Crippen LogP contribution >= 0.6 is 11.8 Å². The van der Waals surface area contributed by atoms with Crippen molar-refractivity contribution >= 4 is 23.6 Å². The maximum atomic E-state index is 12.8. The minimum absolute atomic E-state index is 0.110. The quantitative estimate of drug-likeness (QED) is 0.748. The molecule has 1 aliphatic rings. The van der Waals surface area contributed by atoms with E-state index in [0.717, 1.165) is 10.5 Å². The summed E-state index contributed by atoms with van der Waals surface area (Å²) in [4.78, 5) is 27.7. The first-order valence-corrected chi connectivity index (χ1v) is 10.6.